The summed E-state index contributed by atoms with van der Waals surface area (Å²) in [5.41, 5.74) is 3.17. The summed E-state index contributed by atoms with van der Waals surface area (Å²) in [4.78, 5) is 12.6. The van der Waals surface area contributed by atoms with E-state index in [1.54, 1.807) is 11.1 Å². The lowest BCUT2D eigenvalue weighted by atomic mass is 9.86. The van der Waals surface area contributed by atoms with Crippen LogP contribution in [0.25, 0.3) is 0 Å². The Morgan fingerprint density at radius 3 is 1.72 bits per heavy atom. The molecule has 0 aromatic carbocycles. The van der Waals surface area contributed by atoms with Gasteiger partial charge in [0.05, 0.1) is 0 Å². The number of carbonyl (C=O) groups is 1. The Labute approximate surface area is 112 Å². The van der Waals surface area contributed by atoms with Crippen molar-refractivity contribution in [1.82, 2.24) is 0 Å². The first-order chi connectivity index (χ1) is 8.79. The number of Topliss-reactive ketones (excluding diaryl/α,β-unsaturated/α-hetero) is 1. The van der Waals surface area contributed by atoms with Gasteiger partial charge in [0.25, 0.3) is 0 Å². The second-order valence-corrected chi connectivity index (χ2v) is 6.05. The van der Waals surface area contributed by atoms with Gasteiger partial charge in [0, 0.05) is 11.8 Å². The Hall–Kier alpha value is -0.590. The molecule has 0 fully saturated rings. The van der Waals surface area contributed by atoms with Crippen molar-refractivity contribution < 1.29 is 4.79 Å². The third-order valence-corrected chi connectivity index (χ3v) is 4.78. The van der Waals surface area contributed by atoms with Crippen LogP contribution in [0.2, 0.25) is 0 Å². The van der Waals surface area contributed by atoms with Crippen molar-refractivity contribution in [2.24, 2.45) is 11.8 Å². The fraction of sp³-hybridized carbons (Fsp3) is 0.824. The van der Waals surface area contributed by atoms with E-state index in [0.717, 1.165) is 12.8 Å². The molecule has 0 heterocycles. The minimum atomic E-state index is 0.321. The molecular weight excluding hydrogens is 220 g/mol. The van der Waals surface area contributed by atoms with Crippen LogP contribution in [-0.4, -0.2) is 5.78 Å². The smallest absolute Gasteiger partial charge is 0.147 e. The van der Waals surface area contributed by atoms with E-state index in [2.05, 4.69) is 13.8 Å². The second-order valence-electron chi connectivity index (χ2n) is 6.05. The third-order valence-electron chi connectivity index (χ3n) is 4.78. The van der Waals surface area contributed by atoms with Gasteiger partial charge < -0.3 is 0 Å². The van der Waals surface area contributed by atoms with Gasteiger partial charge in [0.2, 0.25) is 0 Å². The Kier molecular flexibility index (Phi) is 5.03. The lowest BCUT2D eigenvalue weighted by Gasteiger charge is -2.19. The van der Waals surface area contributed by atoms with Crippen LogP contribution in [0.15, 0.2) is 11.1 Å². The predicted octanol–water partition coefficient (Wildman–Crippen LogP) is 5.05. The van der Waals surface area contributed by atoms with Gasteiger partial charge in [-0.25, -0.2) is 0 Å². The Bertz CT molecular complexity index is 297. The fourth-order valence-corrected chi connectivity index (χ4v) is 3.78. The monoisotopic (exact) mass is 248 g/mol. The van der Waals surface area contributed by atoms with E-state index in [1.807, 2.05) is 0 Å². The zero-order valence-electron chi connectivity index (χ0n) is 12.1. The lowest BCUT2D eigenvalue weighted by Crippen LogP contribution is -2.17. The van der Waals surface area contributed by atoms with Crippen molar-refractivity contribution in [3.8, 4) is 0 Å². The summed E-state index contributed by atoms with van der Waals surface area (Å²) < 4.78 is 0. The van der Waals surface area contributed by atoms with E-state index < -0.39 is 0 Å². The largest absolute Gasteiger partial charge is 0.298 e. The maximum absolute atomic E-state index is 12.6. The number of ketones is 1. The molecule has 0 amide bonds. The molecule has 0 saturated carbocycles. The van der Waals surface area contributed by atoms with Crippen LogP contribution in [0.3, 0.4) is 0 Å². The van der Waals surface area contributed by atoms with Crippen LogP contribution in [0.5, 0.6) is 0 Å². The average Bonchev–Trinajstić information content (AvgIpc) is 2.66. The van der Waals surface area contributed by atoms with Crippen LogP contribution in [0, 0.1) is 11.8 Å². The summed E-state index contributed by atoms with van der Waals surface area (Å²) in [6.45, 7) is 4.45. The average molecular weight is 248 g/mol. The molecule has 2 atom stereocenters. The van der Waals surface area contributed by atoms with E-state index in [0.29, 0.717) is 17.6 Å². The van der Waals surface area contributed by atoms with Crippen molar-refractivity contribution in [2.75, 3.05) is 0 Å². The first-order valence-corrected chi connectivity index (χ1v) is 8.05. The predicted molar refractivity (Wildman–Crippen MR) is 76.5 cm³/mol. The molecular formula is C17H28O. The number of allylic oxidation sites excluding steroid dienone is 2. The van der Waals surface area contributed by atoms with Crippen molar-refractivity contribution in [3.05, 3.63) is 11.1 Å². The van der Waals surface area contributed by atoms with Gasteiger partial charge >= 0.3 is 0 Å². The minimum absolute atomic E-state index is 0.321. The first-order valence-electron chi connectivity index (χ1n) is 8.05. The van der Waals surface area contributed by atoms with Gasteiger partial charge in [0.1, 0.15) is 5.78 Å². The molecule has 18 heavy (non-hydrogen) atoms. The quantitative estimate of drug-likeness (QED) is 0.601. The fourth-order valence-electron chi connectivity index (χ4n) is 3.78. The highest BCUT2D eigenvalue weighted by molar-refractivity contribution is 5.92. The number of hydrogen-bond acceptors (Lipinski definition) is 1. The van der Waals surface area contributed by atoms with Crippen molar-refractivity contribution in [2.45, 2.75) is 78.1 Å². The van der Waals surface area contributed by atoms with Gasteiger partial charge in [-0.3, -0.25) is 4.79 Å². The topological polar surface area (TPSA) is 17.1 Å². The molecule has 0 aromatic rings. The molecule has 2 aliphatic carbocycles. The number of unbranched alkanes of at least 4 members (excludes halogenated alkanes) is 2. The number of rotatable bonds is 6. The maximum Gasteiger partial charge on any atom is 0.147 e. The summed E-state index contributed by atoms with van der Waals surface area (Å²) in [6, 6.07) is 0. The molecule has 1 nitrogen and oxygen atoms in total. The van der Waals surface area contributed by atoms with E-state index >= 15 is 0 Å². The molecule has 0 bridgehead atoms. The third kappa shape index (κ3) is 2.70. The van der Waals surface area contributed by atoms with E-state index in [-0.39, 0.29) is 0 Å². The molecule has 2 rings (SSSR count). The van der Waals surface area contributed by atoms with Gasteiger partial charge in [-0.1, -0.05) is 50.7 Å². The zero-order valence-corrected chi connectivity index (χ0v) is 12.1. The van der Waals surface area contributed by atoms with E-state index in [1.165, 1.54) is 51.4 Å². The molecule has 102 valence electrons. The zero-order chi connectivity index (χ0) is 13.0. The molecule has 0 saturated heterocycles. The standard InChI is InChI=1S/C17H28O/c1-3-5-9-15-13-11-7-8-12-14(13)16(17(15)18)10-6-4-2/h15-16H,3-12H2,1-2H3/t15-,16+. The highest BCUT2D eigenvalue weighted by atomic mass is 16.1. The summed E-state index contributed by atoms with van der Waals surface area (Å²) in [5, 5.41) is 0. The minimum Gasteiger partial charge on any atom is -0.298 e. The van der Waals surface area contributed by atoms with Gasteiger partial charge in [-0.15, -0.1) is 0 Å². The summed E-state index contributed by atoms with van der Waals surface area (Å²) >= 11 is 0. The van der Waals surface area contributed by atoms with Crippen molar-refractivity contribution in [3.63, 3.8) is 0 Å². The van der Waals surface area contributed by atoms with Crippen molar-refractivity contribution >= 4 is 5.78 Å². The highest BCUT2D eigenvalue weighted by Gasteiger charge is 2.40. The molecule has 1 heteroatoms. The number of carbonyl (C=O) groups excluding carboxylic acids is 1. The van der Waals surface area contributed by atoms with Crippen molar-refractivity contribution in [1.29, 1.82) is 0 Å². The summed E-state index contributed by atoms with van der Waals surface area (Å²) in [6.07, 6.45) is 12.2. The summed E-state index contributed by atoms with van der Waals surface area (Å²) in [5.74, 6) is 1.23. The van der Waals surface area contributed by atoms with Gasteiger partial charge in [0.15, 0.2) is 0 Å². The molecule has 0 spiro atoms. The molecule has 0 aromatic heterocycles. The number of hydrogen-bond donors (Lipinski definition) is 0. The Morgan fingerprint density at radius 1 is 0.889 bits per heavy atom. The first kappa shape index (κ1) is 13.8. The van der Waals surface area contributed by atoms with E-state index in [9.17, 15) is 4.79 Å². The SMILES string of the molecule is CCCC[C@@H]1C(=O)[C@H](CCCC)C2=C1CCCC2. The molecule has 2 aliphatic rings. The lowest BCUT2D eigenvalue weighted by molar-refractivity contribution is -0.123. The summed E-state index contributed by atoms with van der Waals surface area (Å²) in [7, 11) is 0. The molecule has 0 aliphatic heterocycles. The maximum atomic E-state index is 12.6. The molecule has 0 N–H and O–H groups in total. The molecule has 0 radical (unpaired) electrons. The van der Waals surface area contributed by atoms with Gasteiger partial charge in [-0.2, -0.15) is 0 Å². The van der Waals surface area contributed by atoms with Crippen LogP contribution in [-0.2, 0) is 4.79 Å². The van der Waals surface area contributed by atoms with Gasteiger partial charge in [-0.05, 0) is 38.5 Å². The molecule has 0 unspecified atom stereocenters. The van der Waals surface area contributed by atoms with Crippen LogP contribution < -0.4 is 0 Å². The van der Waals surface area contributed by atoms with Crippen LogP contribution in [0.4, 0.5) is 0 Å². The van der Waals surface area contributed by atoms with E-state index in [4.69, 9.17) is 0 Å². The Balaban J connectivity index is 2.12. The van der Waals surface area contributed by atoms with Crippen LogP contribution >= 0.6 is 0 Å². The normalized spacial score (nSPS) is 27.8. The Morgan fingerprint density at radius 2 is 1.33 bits per heavy atom. The highest BCUT2D eigenvalue weighted by Crippen LogP contribution is 2.45. The second kappa shape index (κ2) is 6.54. The van der Waals surface area contributed by atoms with Crippen LogP contribution in [0.1, 0.15) is 78.1 Å².